The summed E-state index contributed by atoms with van der Waals surface area (Å²) in [6.07, 6.45) is 26.6. The van der Waals surface area contributed by atoms with Crippen LogP contribution in [0.25, 0.3) is 0 Å². The van der Waals surface area contributed by atoms with Crippen molar-refractivity contribution in [3.05, 3.63) is 59.2 Å². The van der Waals surface area contributed by atoms with Gasteiger partial charge in [0.1, 0.15) is 30.7 Å². The summed E-state index contributed by atoms with van der Waals surface area (Å²) in [5.74, 6) is -1.42. The molecule has 2 unspecified atom stereocenters. The Balaban J connectivity index is 1.82. The minimum absolute atomic E-state index is 0.00947. The van der Waals surface area contributed by atoms with Gasteiger partial charge in [-0.3, -0.25) is 23.2 Å². The van der Waals surface area contributed by atoms with Crippen LogP contribution in [0.3, 0.4) is 0 Å². The second kappa shape index (κ2) is 38.5. The van der Waals surface area contributed by atoms with Gasteiger partial charge in [-0.1, -0.05) is 134 Å². The van der Waals surface area contributed by atoms with Gasteiger partial charge < -0.3 is 50.2 Å². The average Bonchev–Trinajstić information content (AvgIpc) is 3.61. The van der Waals surface area contributed by atoms with Crippen molar-refractivity contribution in [3.8, 4) is 0 Å². The van der Waals surface area contributed by atoms with Crippen LogP contribution in [-0.2, 0) is 46.3 Å². The van der Waals surface area contributed by atoms with Crippen LogP contribution in [0.4, 0.5) is 5.82 Å². The van der Waals surface area contributed by atoms with Gasteiger partial charge in [-0.2, -0.15) is 9.29 Å². The van der Waals surface area contributed by atoms with E-state index in [9.17, 15) is 53.7 Å². The van der Waals surface area contributed by atoms with Gasteiger partial charge in [0.2, 0.25) is 0 Å². The van der Waals surface area contributed by atoms with Crippen LogP contribution in [0.5, 0.6) is 0 Å². The number of unbranched alkanes of at least 4 members (excludes halogenated alkanes) is 17. The molecule has 1 aromatic heterocycles. The van der Waals surface area contributed by atoms with E-state index in [1.165, 1.54) is 25.3 Å². The van der Waals surface area contributed by atoms with E-state index in [0.29, 0.717) is 38.5 Å². The van der Waals surface area contributed by atoms with Crippen LogP contribution in [0.15, 0.2) is 53.5 Å². The highest BCUT2D eigenvalue weighted by Crippen LogP contribution is 2.60. The monoisotopic (exact) mass is 1060 g/mol. The van der Waals surface area contributed by atoms with E-state index in [2.05, 4.69) is 47.4 Å². The lowest BCUT2D eigenvalue weighted by atomic mass is 10.0. The normalized spacial score (nSPS) is 20.2. The standard InChI is InChI=1S/C50H87N3O17P2/c1-3-5-7-9-11-12-13-14-15-16-17-18-19-20-21-25-30-34-46(57)68-40(37-65-45(56)33-29-26-22-24-28-32-42(55)41(54)31-27-23-10-8-6-4-2)38-66-71(61,62)70-72(63,64)67-39-43-47(58)48(59)49(69-43)53-36-35-44(51)52-50(53)60/h11-12,14-15,23,27,35-36,40-43,47-49,54-55,58-59H,3-10,13,16-22,24-26,28-34,37-39H2,1-2H3,(H,61,62)(H,63,64)(H2,51,52,60)/b12-11-,15-14-,27-23-/t40-,41-,42-,43-,47-,48-,49-/m1/s1. The van der Waals surface area contributed by atoms with Crippen molar-refractivity contribution in [1.82, 2.24) is 9.55 Å². The highest BCUT2D eigenvalue weighted by Gasteiger charge is 2.46. The highest BCUT2D eigenvalue weighted by atomic mass is 31.3. The third kappa shape index (κ3) is 30.3. The first-order valence-electron chi connectivity index (χ1n) is 26.2. The number of ether oxygens (including phenoxy) is 3. The highest BCUT2D eigenvalue weighted by molar-refractivity contribution is 7.61. The second-order valence-corrected chi connectivity index (χ2v) is 21.4. The van der Waals surface area contributed by atoms with Crippen molar-refractivity contribution < 1.29 is 76.5 Å². The first-order valence-corrected chi connectivity index (χ1v) is 29.2. The van der Waals surface area contributed by atoms with Crippen LogP contribution in [0, 0.1) is 0 Å². The van der Waals surface area contributed by atoms with E-state index in [1.807, 2.05) is 12.2 Å². The number of esters is 2. The number of aliphatic hydroxyl groups is 4. The number of rotatable bonds is 43. The summed E-state index contributed by atoms with van der Waals surface area (Å²) in [5.41, 5.74) is 4.57. The molecule has 22 heteroatoms. The van der Waals surface area contributed by atoms with Gasteiger partial charge in [0.05, 0.1) is 25.4 Å². The third-order valence-electron chi connectivity index (χ3n) is 11.9. The molecule has 1 saturated heterocycles. The van der Waals surface area contributed by atoms with Crippen molar-refractivity contribution in [2.24, 2.45) is 0 Å². The smallest absolute Gasteiger partial charge is 0.462 e. The van der Waals surface area contributed by atoms with Crippen LogP contribution < -0.4 is 11.4 Å². The number of aromatic nitrogens is 2. The molecule has 1 fully saturated rings. The van der Waals surface area contributed by atoms with Crippen LogP contribution in [0.1, 0.15) is 187 Å². The van der Waals surface area contributed by atoms with E-state index >= 15 is 0 Å². The van der Waals surface area contributed by atoms with E-state index in [4.69, 9.17) is 29.0 Å². The summed E-state index contributed by atoms with van der Waals surface area (Å²) in [4.78, 5) is 62.0. The number of phosphoric ester groups is 2. The Morgan fingerprint density at radius 1 is 0.722 bits per heavy atom. The molecule has 2 rings (SSSR count). The minimum Gasteiger partial charge on any atom is -0.462 e. The van der Waals surface area contributed by atoms with E-state index in [1.54, 1.807) is 0 Å². The van der Waals surface area contributed by atoms with Gasteiger partial charge in [-0.05, 0) is 76.7 Å². The predicted molar refractivity (Wildman–Crippen MR) is 273 cm³/mol. The summed E-state index contributed by atoms with van der Waals surface area (Å²) in [7, 11) is -10.9. The average molecular weight is 1060 g/mol. The molecule has 72 heavy (non-hydrogen) atoms. The summed E-state index contributed by atoms with van der Waals surface area (Å²) in [6, 6.07) is 1.24. The molecule has 1 aliphatic heterocycles. The number of carbonyl (C=O) groups is 2. The number of hydrogen-bond donors (Lipinski definition) is 7. The molecule has 20 nitrogen and oxygen atoms in total. The zero-order chi connectivity index (χ0) is 53.0. The Labute approximate surface area is 426 Å². The zero-order valence-corrected chi connectivity index (χ0v) is 44.5. The fourth-order valence-electron chi connectivity index (χ4n) is 7.66. The van der Waals surface area contributed by atoms with E-state index < -0.39 is 95.9 Å². The maximum Gasteiger partial charge on any atom is 0.481 e. The second-order valence-electron chi connectivity index (χ2n) is 18.3. The Hall–Kier alpha value is -3.10. The van der Waals surface area contributed by atoms with Gasteiger partial charge in [-0.15, -0.1) is 0 Å². The molecule has 1 aromatic rings. The summed E-state index contributed by atoms with van der Waals surface area (Å²) in [6.45, 7) is 1.92. The molecular formula is C50H87N3O17P2. The fourth-order valence-corrected chi connectivity index (χ4v) is 9.77. The fraction of sp³-hybridized carbons (Fsp3) is 0.760. The summed E-state index contributed by atoms with van der Waals surface area (Å²) < 4.78 is 56.7. The molecule has 0 saturated carbocycles. The number of nitrogens with two attached hydrogens (primary N) is 1. The predicted octanol–water partition coefficient (Wildman–Crippen LogP) is 8.72. The largest absolute Gasteiger partial charge is 0.481 e. The van der Waals surface area contributed by atoms with Crippen molar-refractivity contribution in [1.29, 1.82) is 0 Å². The number of hydrogen-bond acceptors (Lipinski definition) is 17. The Morgan fingerprint density at radius 2 is 1.26 bits per heavy atom. The number of aliphatic hydroxyl groups excluding tert-OH is 4. The number of nitrogens with zero attached hydrogens (tertiary/aromatic N) is 2. The first-order chi connectivity index (χ1) is 34.5. The molecule has 0 aromatic carbocycles. The molecule has 414 valence electrons. The van der Waals surface area contributed by atoms with Gasteiger partial charge in [-0.25, -0.2) is 13.9 Å². The molecular weight excluding hydrogens is 977 g/mol. The number of phosphoric acid groups is 2. The third-order valence-corrected chi connectivity index (χ3v) is 14.5. The molecule has 9 atom stereocenters. The van der Waals surface area contributed by atoms with Gasteiger partial charge in [0.25, 0.3) is 0 Å². The molecule has 0 bridgehead atoms. The Bertz CT molecular complexity index is 1880. The first kappa shape index (κ1) is 65.0. The molecule has 8 N–H and O–H groups in total. The van der Waals surface area contributed by atoms with Gasteiger partial charge in [0.15, 0.2) is 12.3 Å². The topological polar surface area (TPSA) is 306 Å². The lowest BCUT2D eigenvalue weighted by Crippen LogP contribution is -2.36. The summed E-state index contributed by atoms with van der Waals surface area (Å²) >= 11 is 0. The number of anilines is 1. The Kier molecular flexibility index (Phi) is 34.7. The maximum absolute atomic E-state index is 12.9. The van der Waals surface area contributed by atoms with Crippen LogP contribution in [-0.4, -0.2) is 108 Å². The summed E-state index contributed by atoms with van der Waals surface area (Å²) in [5, 5.41) is 41.5. The van der Waals surface area contributed by atoms with Gasteiger partial charge >= 0.3 is 33.3 Å². The quantitative estimate of drug-likeness (QED) is 0.0139. The molecule has 0 radical (unpaired) electrons. The van der Waals surface area contributed by atoms with Gasteiger partial charge in [0, 0.05) is 19.0 Å². The van der Waals surface area contributed by atoms with Crippen molar-refractivity contribution in [2.45, 2.75) is 224 Å². The van der Waals surface area contributed by atoms with Crippen molar-refractivity contribution in [2.75, 3.05) is 25.6 Å². The van der Waals surface area contributed by atoms with E-state index in [0.717, 1.165) is 107 Å². The number of nitrogen functional groups attached to an aromatic ring is 1. The van der Waals surface area contributed by atoms with E-state index in [-0.39, 0.29) is 18.7 Å². The molecule has 1 aliphatic rings. The number of carbonyl (C=O) groups excluding carboxylic acids is 2. The van der Waals surface area contributed by atoms with Crippen molar-refractivity contribution in [3.63, 3.8) is 0 Å². The van der Waals surface area contributed by atoms with Crippen LogP contribution in [0.2, 0.25) is 0 Å². The Morgan fingerprint density at radius 3 is 1.88 bits per heavy atom. The molecule has 0 spiro atoms. The maximum atomic E-state index is 12.9. The molecule has 0 aliphatic carbocycles. The van der Waals surface area contributed by atoms with Crippen LogP contribution >= 0.6 is 15.6 Å². The number of allylic oxidation sites excluding steroid dienone is 5. The van der Waals surface area contributed by atoms with Crippen molar-refractivity contribution >= 4 is 33.4 Å². The molecule has 0 amide bonds. The SMILES string of the molecule is CCCCC/C=C\C/C=C\CCCCCCCCCC(=O)O[C@H](COC(=O)CCCCCCC[C@@H](O)[C@H](O)C/C=C\CCCCC)COP(=O)(O)OP(=O)(O)OC[C@H]1O[C@@H](n2ccc(N)nc2=O)[C@H](O)[C@@H]1O. The lowest BCUT2D eigenvalue weighted by molar-refractivity contribution is -0.161. The minimum atomic E-state index is -5.46. The molecule has 2 heterocycles. The lowest BCUT2D eigenvalue weighted by Gasteiger charge is -2.21. The zero-order valence-electron chi connectivity index (χ0n) is 42.7.